The normalized spacial score (nSPS) is 46.3. The lowest BCUT2D eigenvalue weighted by molar-refractivity contribution is -0.440. The summed E-state index contributed by atoms with van der Waals surface area (Å²) in [6.45, 7) is 8.80. The van der Waals surface area contributed by atoms with Crippen LogP contribution >= 0.6 is 0 Å². The molecule has 0 amide bonds. The maximum absolute atomic E-state index is 13.8. The molecule has 0 radical (unpaired) electrons. The van der Waals surface area contributed by atoms with Crippen molar-refractivity contribution in [3.05, 3.63) is 102 Å². The molecule has 240 valence electrons. The van der Waals surface area contributed by atoms with Crippen LogP contribution < -0.4 is 0 Å². The fourth-order valence-corrected chi connectivity index (χ4v) is 9.20. The molecule has 2 aromatic rings. The van der Waals surface area contributed by atoms with E-state index < -0.39 is 88.9 Å². The lowest BCUT2D eigenvalue weighted by Crippen LogP contribution is -2.76. The van der Waals surface area contributed by atoms with Gasteiger partial charge in [-0.1, -0.05) is 80.2 Å². The van der Waals surface area contributed by atoms with Crippen LogP contribution in [0.5, 0.6) is 0 Å². The molecule has 6 aliphatic rings. The minimum Gasteiger partial charge on any atom is -0.455 e. The van der Waals surface area contributed by atoms with Crippen molar-refractivity contribution < 1.29 is 48.6 Å². The highest BCUT2D eigenvalue weighted by atomic mass is 16.9. The molecule has 3 saturated heterocycles. The molecule has 0 spiro atoms. The molecule has 10 heteroatoms. The predicted octanol–water partition coefficient (Wildman–Crippen LogP) is 2.57. The van der Waals surface area contributed by atoms with Gasteiger partial charge < -0.3 is 39.0 Å². The molecule has 2 aromatic carbocycles. The quantitative estimate of drug-likeness (QED) is 0.189. The lowest BCUT2D eigenvalue weighted by Gasteiger charge is -2.61. The summed E-state index contributed by atoms with van der Waals surface area (Å²) in [4.78, 5) is 27.4. The zero-order valence-corrected chi connectivity index (χ0v) is 25.7. The fraction of sp³-hybridized carbons (Fsp3) is 0.444. The Labute approximate surface area is 265 Å². The number of esters is 1. The van der Waals surface area contributed by atoms with Crippen LogP contribution in [-0.4, -0.2) is 80.5 Å². The maximum atomic E-state index is 13.8. The fourth-order valence-electron chi connectivity index (χ4n) is 9.20. The average molecular weight is 629 g/mol. The highest BCUT2D eigenvalue weighted by Gasteiger charge is 2.90. The van der Waals surface area contributed by atoms with Gasteiger partial charge in [-0.05, 0) is 36.6 Å². The minimum atomic E-state index is -2.43. The number of aliphatic hydroxyl groups is 3. The topological polar surface area (TPSA) is 144 Å². The molecule has 46 heavy (non-hydrogen) atoms. The highest BCUT2D eigenvalue weighted by Crippen LogP contribution is 2.74. The summed E-state index contributed by atoms with van der Waals surface area (Å²) in [6, 6.07) is 18.3. The van der Waals surface area contributed by atoms with Crippen molar-refractivity contribution in [3.63, 3.8) is 0 Å². The van der Waals surface area contributed by atoms with Crippen molar-refractivity contribution in [2.45, 2.75) is 73.6 Å². The third-order valence-corrected chi connectivity index (χ3v) is 11.3. The monoisotopic (exact) mass is 628 g/mol. The summed E-state index contributed by atoms with van der Waals surface area (Å²) in [6.07, 6.45) is -0.138. The Bertz CT molecular complexity index is 1710. The molecule has 2 saturated carbocycles. The molecule has 3 bridgehead atoms. The zero-order chi connectivity index (χ0) is 32.4. The molecule has 3 heterocycles. The molecule has 8 rings (SSSR count). The average Bonchev–Trinajstić information content (AvgIpc) is 3.68. The van der Waals surface area contributed by atoms with Crippen LogP contribution in [0.15, 0.2) is 90.5 Å². The largest absolute Gasteiger partial charge is 0.455 e. The number of ether oxygens (including phenoxy) is 5. The van der Waals surface area contributed by atoms with E-state index in [9.17, 15) is 24.9 Å². The highest BCUT2D eigenvalue weighted by molar-refractivity contribution is 6.05. The van der Waals surface area contributed by atoms with Crippen LogP contribution in [0.3, 0.4) is 0 Å². The van der Waals surface area contributed by atoms with E-state index >= 15 is 0 Å². The number of carbonyl (C=O) groups excluding carboxylic acids is 2. The smallest absolute Gasteiger partial charge is 0.331 e. The van der Waals surface area contributed by atoms with Gasteiger partial charge in [-0.2, -0.15) is 0 Å². The molecule has 5 fully saturated rings. The Morgan fingerprint density at radius 3 is 2.37 bits per heavy atom. The van der Waals surface area contributed by atoms with E-state index in [4.69, 9.17) is 23.7 Å². The molecule has 3 N–H and O–H groups in total. The number of benzene rings is 2. The number of rotatable bonds is 6. The molecule has 1 unspecified atom stereocenters. The standard InChI is InChI=1S/C36H36O10/c1-19(2)34-28(42-25(38)16-15-22-11-7-5-8-12-22)21(4)35-24-17-20(3)27(39)33(24,41)31(40)32(18-37)29(43-32)26(35)30(34)44-36(45-34,46-35)23-13-9-6-10-14-23/h5-17,21,24,26,28-31,37,40-41H,1,18H2,2-4H3/b16-15+/t21-,24-,26+,28-,29+,30-,31+,32-,33-,34+,35+,36?/m1/s1. The van der Waals surface area contributed by atoms with E-state index in [0.717, 1.165) is 5.56 Å². The Balaban J connectivity index is 1.35. The second-order valence-corrected chi connectivity index (χ2v) is 13.5. The summed E-state index contributed by atoms with van der Waals surface area (Å²) in [7, 11) is 0. The minimum absolute atomic E-state index is 0.229. The first-order chi connectivity index (χ1) is 21.9. The van der Waals surface area contributed by atoms with E-state index in [1.165, 1.54) is 6.08 Å². The number of carbonyl (C=O) groups is 2. The number of epoxide rings is 1. The van der Waals surface area contributed by atoms with E-state index in [-0.39, 0.29) is 5.57 Å². The number of Topliss-reactive ketones (excluding diaryl/α,β-unsaturated/α-hetero) is 1. The predicted molar refractivity (Wildman–Crippen MR) is 161 cm³/mol. The van der Waals surface area contributed by atoms with Gasteiger partial charge in [-0.3, -0.25) is 4.79 Å². The second-order valence-electron chi connectivity index (χ2n) is 13.5. The van der Waals surface area contributed by atoms with E-state index in [1.54, 1.807) is 50.3 Å². The van der Waals surface area contributed by atoms with Crippen LogP contribution in [0, 0.1) is 17.8 Å². The molecule has 3 aliphatic heterocycles. The van der Waals surface area contributed by atoms with Gasteiger partial charge in [0.15, 0.2) is 17.0 Å². The summed E-state index contributed by atoms with van der Waals surface area (Å²) in [5, 5.41) is 34.9. The number of ketones is 1. The molecule has 3 aliphatic carbocycles. The molecule has 10 nitrogen and oxygen atoms in total. The van der Waals surface area contributed by atoms with Crippen molar-refractivity contribution in [2.24, 2.45) is 17.8 Å². The summed E-state index contributed by atoms with van der Waals surface area (Å²) in [5.41, 5.74) is -5.12. The molecule has 12 atom stereocenters. The van der Waals surface area contributed by atoms with Gasteiger partial charge in [0.05, 0.1) is 12.2 Å². The first-order valence-electron chi connectivity index (χ1n) is 15.6. The lowest BCUT2D eigenvalue weighted by atomic mass is 9.53. The van der Waals surface area contributed by atoms with E-state index in [1.807, 2.05) is 43.3 Å². The van der Waals surface area contributed by atoms with E-state index in [2.05, 4.69) is 6.58 Å². The van der Waals surface area contributed by atoms with Crippen LogP contribution in [0.1, 0.15) is 31.9 Å². The molecule has 0 aromatic heterocycles. The third kappa shape index (κ3) is 3.40. The van der Waals surface area contributed by atoms with Crippen molar-refractivity contribution in [2.75, 3.05) is 6.61 Å². The van der Waals surface area contributed by atoms with Gasteiger partial charge >= 0.3 is 11.9 Å². The third-order valence-electron chi connectivity index (χ3n) is 11.3. The van der Waals surface area contributed by atoms with Crippen LogP contribution in [-0.2, 0) is 39.2 Å². The summed E-state index contributed by atoms with van der Waals surface area (Å²) >= 11 is 0. The molecular formula is C36H36O10. The Morgan fingerprint density at radius 1 is 1.04 bits per heavy atom. The van der Waals surface area contributed by atoms with Gasteiger partial charge in [0.1, 0.15) is 30.0 Å². The van der Waals surface area contributed by atoms with Crippen molar-refractivity contribution in [1.82, 2.24) is 0 Å². The van der Waals surface area contributed by atoms with Crippen LogP contribution in [0.4, 0.5) is 0 Å². The first kappa shape index (κ1) is 29.9. The summed E-state index contributed by atoms with van der Waals surface area (Å²) in [5.74, 6) is -5.94. The van der Waals surface area contributed by atoms with Crippen LogP contribution in [0.25, 0.3) is 6.08 Å². The molecular weight excluding hydrogens is 592 g/mol. The Hall–Kier alpha value is -3.48. The first-order valence-corrected chi connectivity index (χ1v) is 15.6. The number of hydrogen-bond acceptors (Lipinski definition) is 10. The van der Waals surface area contributed by atoms with Gasteiger partial charge in [-0.25, -0.2) is 4.79 Å². The zero-order valence-electron chi connectivity index (χ0n) is 25.7. The Kier molecular flexibility index (Phi) is 6.20. The van der Waals surface area contributed by atoms with Crippen molar-refractivity contribution in [1.29, 1.82) is 0 Å². The van der Waals surface area contributed by atoms with Gasteiger partial charge in [0.25, 0.3) is 0 Å². The van der Waals surface area contributed by atoms with Crippen LogP contribution in [0.2, 0.25) is 0 Å². The number of fused-ring (bicyclic) bond motifs is 3. The van der Waals surface area contributed by atoms with E-state index in [0.29, 0.717) is 11.1 Å². The number of aliphatic hydroxyl groups excluding tert-OH is 2. The summed E-state index contributed by atoms with van der Waals surface area (Å²) < 4.78 is 33.3. The maximum Gasteiger partial charge on any atom is 0.331 e. The SMILES string of the molecule is C=C(C)[C@@]12OC3(c4ccccc4)O[C@@H]1[C@@H]1[C@@H]4O[C@@]4(CO)[C@H](O)[C@]4(O)C(=O)C(C)=C[C@H]4[C@@]1(O3)[C@H](C)[C@H]2OC(=O)/C=C/c1ccccc1. The van der Waals surface area contributed by atoms with Gasteiger partial charge in [-0.15, -0.1) is 0 Å². The Morgan fingerprint density at radius 2 is 1.72 bits per heavy atom. The van der Waals surface area contributed by atoms with Gasteiger partial charge in [0.2, 0.25) is 0 Å². The van der Waals surface area contributed by atoms with Gasteiger partial charge in [0, 0.05) is 29.4 Å². The second kappa shape index (κ2) is 9.54. The van der Waals surface area contributed by atoms with Crippen molar-refractivity contribution in [3.8, 4) is 0 Å². The van der Waals surface area contributed by atoms with Crippen molar-refractivity contribution >= 4 is 17.8 Å². The number of hydrogen-bond donors (Lipinski definition) is 3.